The van der Waals surface area contributed by atoms with Crippen LogP contribution in [0, 0.1) is 24.7 Å². The number of aliphatic hydroxyl groups is 1. The van der Waals surface area contributed by atoms with Crippen LogP contribution in [0.25, 0.3) is 10.9 Å². The molecule has 6 heteroatoms. The zero-order valence-corrected chi connectivity index (χ0v) is 17.6. The molecule has 1 amide bonds. The van der Waals surface area contributed by atoms with Gasteiger partial charge in [-0.2, -0.15) is 0 Å². The van der Waals surface area contributed by atoms with Crippen LogP contribution in [0.4, 0.5) is 5.95 Å². The van der Waals surface area contributed by atoms with Gasteiger partial charge in [0.15, 0.2) is 0 Å². The van der Waals surface area contributed by atoms with Gasteiger partial charge >= 0.3 is 0 Å². The number of nitrogens with one attached hydrogen (secondary N) is 1. The molecular weight excluding hydrogens is 376 g/mol. The number of anilines is 1. The van der Waals surface area contributed by atoms with Gasteiger partial charge < -0.3 is 15.3 Å². The van der Waals surface area contributed by atoms with Crippen LogP contribution >= 0.6 is 0 Å². The largest absolute Gasteiger partial charge is 0.390 e. The number of carbonyl (C=O) groups is 1. The molecule has 2 heterocycles. The summed E-state index contributed by atoms with van der Waals surface area (Å²) in [6, 6.07) is 8.07. The van der Waals surface area contributed by atoms with Crippen molar-refractivity contribution in [3.63, 3.8) is 0 Å². The summed E-state index contributed by atoms with van der Waals surface area (Å²) in [6.07, 6.45) is 6.81. The van der Waals surface area contributed by atoms with Crippen molar-refractivity contribution in [2.24, 2.45) is 17.8 Å². The number of benzene rings is 1. The Morgan fingerprint density at radius 3 is 2.70 bits per heavy atom. The number of nitrogens with zero attached hydrogens (tertiary/aromatic N) is 3. The number of aryl methyl sites for hydroxylation is 1. The van der Waals surface area contributed by atoms with Gasteiger partial charge in [-0.15, -0.1) is 0 Å². The summed E-state index contributed by atoms with van der Waals surface area (Å²) in [4.78, 5) is 25.0. The molecule has 6 nitrogen and oxygen atoms in total. The van der Waals surface area contributed by atoms with Gasteiger partial charge in [0.05, 0.1) is 16.8 Å². The SMILES string of the molecule is Cc1nc(N2CCCC2C(=O)NC2C3CC4CC2CC(O)(C4)C3)nc2ccccc12. The number of carbonyl (C=O) groups excluding carboxylic acids is 1. The number of hydrogen-bond acceptors (Lipinski definition) is 5. The molecule has 1 aliphatic heterocycles. The predicted molar refractivity (Wildman–Crippen MR) is 115 cm³/mol. The molecule has 1 aromatic carbocycles. The molecule has 3 atom stereocenters. The van der Waals surface area contributed by atoms with Gasteiger partial charge in [0.1, 0.15) is 6.04 Å². The number of fused-ring (bicyclic) bond motifs is 1. The van der Waals surface area contributed by atoms with E-state index < -0.39 is 5.60 Å². The molecule has 4 aliphatic carbocycles. The van der Waals surface area contributed by atoms with Gasteiger partial charge in [0.25, 0.3) is 0 Å². The summed E-state index contributed by atoms with van der Waals surface area (Å²) in [5.74, 6) is 2.30. The third-order valence-electron chi connectivity index (χ3n) is 8.14. The van der Waals surface area contributed by atoms with E-state index in [9.17, 15) is 9.90 Å². The lowest BCUT2D eigenvalue weighted by atomic mass is 9.52. The highest BCUT2D eigenvalue weighted by Crippen LogP contribution is 2.55. The van der Waals surface area contributed by atoms with Gasteiger partial charge in [-0.1, -0.05) is 18.2 Å². The van der Waals surface area contributed by atoms with Crippen LogP contribution in [-0.2, 0) is 4.79 Å². The van der Waals surface area contributed by atoms with E-state index in [0.29, 0.717) is 23.7 Å². The van der Waals surface area contributed by atoms with Gasteiger partial charge in [-0.25, -0.2) is 9.97 Å². The lowest BCUT2D eigenvalue weighted by Gasteiger charge is -2.58. The van der Waals surface area contributed by atoms with Crippen LogP contribution in [0.3, 0.4) is 0 Å². The lowest BCUT2D eigenvalue weighted by Crippen LogP contribution is -2.63. The van der Waals surface area contributed by atoms with Crippen molar-refractivity contribution in [3.8, 4) is 0 Å². The fraction of sp³-hybridized carbons (Fsp3) is 0.625. The maximum Gasteiger partial charge on any atom is 0.243 e. The first kappa shape index (κ1) is 18.6. The van der Waals surface area contributed by atoms with E-state index >= 15 is 0 Å². The minimum atomic E-state index is -0.465. The van der Waals surface area contributed by atoms with Crippen LogP contribution < -0.4 is 10.2 Å². The maximum atomic E-state index is 13.4. The minimum Gasteiger partial charge on any atom is -0.390 e. The van der Waals surface area contributed by atoms with Crippen LogP contribution in [-0.4, -0.2) is 45.2 Å². The zero-order chi connectivity index (χ0) is 20.5. The molecule has 2 N–H and O–H groups in total. The summed E-state index contributed by atoms with van der Waals surface area (Å²) < 4.78 is 0. The molecule has 7 rings (SSSR count). The Labute approximate surface area is 177 Å². The second-order valence-corrected chi connectivity index (χ2v) is 10.2. The molecule has 2 aromatic rings. The molecule has 5 aliphatic rings. The molecule has 5 fully saturated rings. The zero-order valence-electron chi connectivity index (χ0n) is 17.6. The maximum absolute atomic E-state index is 13.4. The first-order valence-corrected chi connectivity index (χ1v) is 11.5. The molecule has 3 unspecified atom stereocenters. The van der Waals surface area contributed by atoms with Crippen molar-refractivity contribution in [2.75, 3.05) is 11.4 Å². The Bertz CT molecular complexity index is 992. The second-order valence-electron chi connectivity index (χ2n) is 10.2. The molecule has 30 heavy (non-hydrogen) atoms. The number of amides is 1. The fourth-order valence-corrected chi connectivity index (χ4v) is 7.10. The number of para-hydroxylation sites is 1. The van der Waals surface area contributed by atoms with E-state index in [2.05, 4.69) is 10.2 Å². The lowest BCUT2D eigenvalue weighted by molar-refractivity contribution is -0.147. The van der Waals surface area contributed by atoms with Gasteiger partial charge in [-0.3, -0.25) is 4.79 Å². The highest BCUT2D eigenvalue weighted by molar-refractivity contribution is 5.87. The summed E-state index contributed by atoms with van der Waals surface area (Å²) in [5, 5.41) is 15.3. The summed E-state index contributed by atoms with van der Waals surface area (Å²) in [5.41, 5.74) is 1.42. The molecule has 0 radical (unpaired) electrons. The van der Waals surface area contributed by atoms with Crippen molar-refractivity contribution < 1.29 is 9.90 Å². The minimum absolute atomic E-state index is 0.117. The number of rotatable bonds is 3. The number of aromatic nitrogens is 2. The first-order chi connectivity index (χ1) is 14.5. The highest BCUT2D eigenvalue weighted by Gasteiger charge is 2.55. The summed E-state index contributed by atoms with van der Waals surface area (Å²) in [7, 11) is 0. The van der Waals surface area contributed by atoms with E-state index in [-0.39, 0.29) is 18.0 Å². The Kier molecular flexibility index (Phi) is 4.11. The molecular formula is C24H30N4O2. The molecule has 1 aromatic heterocycles. The Hall–Kier alpha value is -2.21. The van der Waals surface area contributed by atoms with E-state index in [4.69, 9.17) is 9.97 Å². The van der Waals surface area contributed by atoms with Gasteiger partial charge in [0, 0.05) is 18.0 Å². The molecule has 1 saturated heterocycles. The normalized spacial score (nSPS) is 37.1. The standard InChI is InChI=1S/C24H30N4O2/c1-14-18-5-2-3-6-19(18)26-23(25-14)28-8-4-7-20(28)22(29)27-21-16-9-15-10-17(21)13-24(30,11-15)12-16/h2-3,5-6,15-17,20-21,30H,4,7-13H2,1H3,(H,27,29). The van der Waals surface area contributed by atoms with E-state index in [1.807, 2.05) is 31.2 Å². The second kappa shape index (κ2) is 6.64. The van der Waals surface area contributed by atoms with E-state index in [0.717, 1.165) is 68.1 Å². The first-order valence-electron chi connectivity index (χ1n) is 11.5. The van der Waals surface area contributed by atoms with Crippen LogP contribution in [0.2, 0.25) is 0 Å². The van der Waals surface area contributed by atoms with Crippen molar-refractivity contribution in [2.45, 2.75) is 69.6 Å². The smallest absolute Gasteiger partial charge is 0.243 e. The van der Waals surface area contributed by atoms with E-state index in [1.165, 1.54) is 0 Å². The average Bonchev–Trinajstić information content (AvgIpc) is 3.19. The monoisotopic (exact) mass is 406 g/mol. The van der Waals surface area contributed by atoms with Crippen molar-refractivity contribution >= 4 is 22.8 Å². The molecule has 4 bridgehead atoms. The fourth-order valence-electron chi connectivity index (χ4n) is 7.10. The highest BCUT2D eigenvalue weighted by atomic mass is 16.3. The summed E-state index contributed by atoms with van der Waals surface area (Å²) in [6.45, 7) is 2.83. The Morgan fingerprint density at radius 1 is 1.17 bits per heavy atom. The topological polar surface area (TPSA) is 78.4 Å². The Morgan fingerprint density at radius 2 is 1.93 bits per heavy atom. The Balaban J connectivity index is 1.23. The predicted octanol–water partition coefficient (Wildman–Crippen LogP) is 2.96. The van der Waals surface area contributed by atoms with Crippen LogP contribution in [0.5, 0.6) is 0 Å². The summed E-state index contributed by atoms with van der Waals surface area (Å²) >= 11 is 0. The van der Waals surface area contributed by atoms with E-state index in [1.54, 1.807) is 0 Å². The molecule has 0 spiro atoms. The van der Waals surface area contributed by atoms with Crippen molar-refractivity contribution in [1.29, 1.82) is 0 Å². The van der Waals surface area contributed by atoms with Gasteiger partial charge in [0.2, 0.25) is 11.9 Å². The number of hydrogen-bond donors (Lipinski definition) is 2. The molecule has 158 valence electrons. The van der Waals surface area contributed by atoms with Crippen LogP contribution in [0.15, 0.2) is 24.3 Å². The quantitative estimate of drug-likeness (QED) is 0.819. The average molecular weight is 407 g/mol. The van der Waals surface area contributed by atoms with Crippen LogP contribution in [0.1, 0.15) is 50.6 Å². The third kappa shape index (κ3) is 2.91. The van der Waals surface area contributed by atoms with Gasteiger partial charge in [-0.05, 0) is 75.7 Å². The van der Waals surface area contributed by atoms with Crippen molar-refractivity contribution in [1.82, 2.24) is 15.3 Å². The van der Waals surface area contributed by atoms with Crippen molar-refractivity contribution in [3.05, 3.63) is 30.0 Å². The third-order valence-corrected chi connectivity index (χ3v) is 8.14. The molecule has 4 saturated carbocycles.